The summed E-state index contributed by atoms with van der Waals surface area (Å²) in [4.78, 5) is 14.2. The molecule has 0 amide bonds. The molecule has 5 heterocycles. The second-order valence-electron chi connectivity index (χ2n) is 7.41. The Morgan fingerprint density at radius 3 is 3.04 bits per heavy atom. The molecule has 0 saturated carbocycles. The average Bonchev–Trinajstić information content (AvgIpc) is 3.29. The number of hydrogen-bond acceptors (Lipinski definition) is 6. The van der Waals surface area contributed by atoms with Crippen LogP contribution in [0.1, 0.15) is 25.1 Å². The molecule has 0 spiro atoms. The summed E-state index contributed by atoms with van der Waals surface area (Å²) in [6.45, 7) is 6.60. The van der Waals surface area contributed by atoms with Gasteiger partial charge in [-0.2, -0.15) is 4.98 Å². The fourth-order valence-electron chi connectivity index (χ4n) is 4.95. The zero-order valence-electron chi connectivity index (χ0n) is 14.1. The van der Waals surface area contributed by atoms with Crippen LogP contribution in [0.5, 0.6) is 0 Å². The first-order valence-electron chi connectivity index (χ1n) is 9.04. The zero-order valence-corrected chi connectivity index (χ0v) is 14.1. The number of pyridine rings is 1. The van der Waals surface area contributed by atoms with Crippen LogP contribution in [0.4, 0.5) is 5.82 Å². The van der Waals surface area contributed by atoms with Crippen LogP contribution in [0.15, 0.2) is 22.9 Å². The van der Waals surface area contributed by atoms with Crippen LogP contribution in [0, 0.1) is 18.8 Å². The van der Waals surface area contributed by atoms with Gasteiger partial charge in [0.25, 0.3) is 5.89 Å². The SMILES string of the molecule is Cc1noc(-c2cccnc2N2CC3CN4CCCCC4C3C2)n1. The van der Waals surface area contributed by atoms with Crippen LogP contribution >= 0.6 is 0 Å². The van der Waals surface area contributed by atoms with Gasteiger partial charge in [0.05, 0.1) is 5.56 Å². The molecule has 2 aromatic rings. The smallest absolute Gasteiger partial charge is 0.261 e. The Balaban J connectivity index is 1.43. The predicted molar refractivity (Wildman–Crippen MR) is 90.7 cm³/mol. The summed E-state index contributed by atoms with van der Waals surface area (Å²) in [7, 11) is 0. The van der Waals surface area contributed by atoms with Gasteiger partial charge in [0.15, 0.2) is 5.82 Å². The van der Waals surface area contributed by atoms with Crippen molar-refractivity contribution in [3.63, 3.8) is 0 Å². The Hall–Kier alpha value is -1.95. The number of fused-ring (bicyclic) bond motifs is 3. The number of anilines is 1. The van der Waals surface area contributed by atoms with Crippen LogP contribution in [-0.2, 0) is 0 Å². The number of nitrogens with zero attached hydrogens (tertiary/aromatic N) is 5. The van der Waals surface area contributed by atoms with E-state index in [0.29, 0.717) is 11.7 Å². The first-order valence-corrected chi connectivity index (χ1v) is 9.04. The summed E-state index contributed by atoms with van der Waals surface area (Å²) in [6.07, 6.45) is 6.00. The van der Waals surface area contributed by atoms with Crippen LogP contribution in [-0.4, -0.2) is 52.2 Å². The first kappa shape index (κ1) is 14.4. The van der Waals surface area contributed by atoms with E-state index in [-0.39, 0.29) is 0 Å². The van der Waals surface area contributed by atoms with Gasteiger partial charge in [-0.3, -0.25) is 4.90 Å². The van der Waals surface area contributed by atoms with Crippen molar-refractivity contribution in [3.05, 3.63) is 24.2 Å². The normalized spacial score (nSPS) is 29.7. The van der Waals surface area contributed by atoms with Crippen LogP contribution in [0.3, 0.4) is 0 Å². The molecule has 3 unspecified atom stereocenters. The molecule has 0 radical (unpaired) electrons. The average molecular weight is 325 g/mol. The molecule has 0 aliphatic carbocycles. The topological polar surface area (TPSA) is 58.3 Å². The Kier molecular flexibility index (Phi) is 3.33. The molecule has 3 atom stereocenters. The summed E-state index contributed by atoms with van der Waals surface area (Å²) < 4.78 is 5.39. The van der Waals surface area contributed by atoms with Crippen molar-refractivity contribution >= 4 is 5.82 Å². The van der Waals surface area contributed by atoms with Gasteiger partial charge in [0.1, 0.15) is 5.82 Å². The van der Waals surface area contributed by atoms with Crippen LogP contribution in [0.2, 0.25) is 0 Å². The molecule has 0 bridgehead atoms. The van der Waals surface area contributed by atoms with Gasteiger partial charge in [0, 0.05) is 31.9 Å². The molecule has 24 heavy (non-hydrogen) atoms. The van der Waals surface area contributed by atoms with Crippen molar-refractivity contribution in [3.8, 4) is 11.5 Å². The van der Waals surface area contributed by atoms with Crippen molar-refractivity contribution in [2.24, 2.45) is 11.8 Å². The number of rotatable bonds is 2. The molecule has 126 valence electrons. The zero-order chi connectivity index (χ0) is 16.1. The lowest BCUT2D eigenvalue weighted by Gasteiger charge is -2.33. The fourth-order valence-corrected chi connectivity index (χ4v) is 4.95. The van der Waals surface area contributed by atoms with Crippen molar-refractivity contribution < 1.29 is 4.52 Å². The maximum absolute atomic E-state index is 5.39. The fraction of sp³-hybridized carbons (Fsp3) is 0.611. The second kappa shape index (κ2) is 5.55. The molecule has 6 heteroatoms. The van der Waals surface area contributed by atoms with E-state index < -0.39 is 0 Å². The van der Waals surface area contributed by atoms with Crippen LogP contribution in [0.25, 0.3) is 11.5 Å². The molecule has 5 rings (SSSR count). The third-order valence-corrected chi connectivity index (χ3v) is 5.96. The largest absolute Gasteiger partial charge is 0.355 e. The minimum absolute atomic E-state index is 0.576. The van der Waals surface area contributed by atoms with E-state index in [0.717, 1.165) is 42.3 Å². The van der Waals surface area contributed by atoms with Gasteiger partial charge in [-0.15, -0.1) is 0 Å². The van der Waals surface area contributed by atoms with Gasteiger partial charge >= 0.3 is 0 Å². The molecule has 0 aromatic carbocycles. The molecule has 3 aliphatic rings. The van der Waals surface area contributed by atoms with Crippen molar-refractivity contribution in [2.45, 2.75) is 32.2 Å². The summed E-state index contributed by atoms with van der Waals surface area (Å²) in [5, 5.41) is 3.93. The predicted octanol–water partition coefficient (Wildman–Crippen LogP) is 2.36. The molecular formula is C18H23N5O. The number of piperidine rings is 1. The number of hydrogen-bond donors (Lipinski definition) is 0. The molecule has 3 aliphatic heterocycles. The molecule has 3 fully saturated rings. The van der Waals surface area contributed by atoms with E-state index >= 15 is 0 Å². The standard InChI is InChI=1S/C18H23N5O/c1-12-20-18(24-21-12)14-5-4-7-19-17(14)23-10-13-9-22-8-3-2-6-16(22)15(13)11-23/h4-5,7,13,15-16H,2-3,6,8-11H2,1H3. The monoisotopic (exact) mass is 325 g/mol. The van der Waals surface area contributed by atoms with E-state index in [1.54, 1.807) is 0 Å². The maximum atomic E-state index is 5.39. The van der Waals surface area contributed by atoms with E-state index in [1.807, 2.05) is 25.3 Å². The van der Waals surface area contributed by atoms with E-state index in [9.17, 15) is 0 Å². The lowest BCUT2D eigenvalue weighted by Crippen LogP contribution is -2.40. The Bertz CT molecular complexity index is 745. The molecular weight excluding hydrogens is 302 g/mol. The Morgan fingerprint density at radius 2 is 2.17 bits per heavy atom. The summed E-state index contributed by atoms with van der Waals surface area (Å²) in [5.41, 5.74) is 0.957. The number of aryl methyl sites for hydroxylation is 1. The highest BCUT2D eigenvalue weighted by atomic mass is 16.5. The van der Waals surface area contributed by atoms with Crippen molar-refractivity contribution in [1.29, 1.82) is 0 Å². The van der Waals surface area contributed by atoms with Gasteiger partial charge < -0.3 is 9.42 Å². The molecule has 6 nitrogen and oxygen atoms in total. The third-order valence-electron chi connectivity index (χ3n) is 5.96. The van der Waals surface area contributed by atoms with Gasteiger partial charge in [-0.1, -0.05) is 11.6 Å². The number of aromatic nitrogens is 3. The lowest BCUT2D eigenvalue weighted by molar-refractivity contribution is 0.173. The van der Waals surface area contributed by atoms with E-state index in [4.69, 9.17) is 4.52 Å². The molecule has 3 saturated heterocycles. The van der Waals surface area contributed by atoms with Gasteiger partial charge in [-0.25, -0.2) is 4.98 Å². The quantitative estimate of drug-likeness (QED) is 0.845. The van der Waals surface area contributed by atoms with Crippen LogP contribution < -0.4 is 4.90 Å². The highest BCUT2D eigenvalue weighted by molar-refractivity contribution is 5.70. The highest BCUT2D eigenvalue weighted by Gasteiger charge is 2.47. The summed E-state index contributed by atoms with van der Waals surface area (Å²) >= 11 is 0. The van der Waals surface area contributed by atoms with Gasteiger partial charge in [0.2, 0.25) is 0 Å². The molecule has 0 N–H and O–H groups in total. The highest BCUT2D eigenvalue weighted by Crippen LogP contribution is 2.42. The minimum Gasteiger partial charge on any atom is -0.355 e. The summed E-state index contributed by atoms with van der Waals surface area (Å²) in [5.74, 6) is 3.79. The van der Waals surface area contributed by atoms with Gasteiger partial charge in [-0.05, 0) is 50.3 Å². The maximum Gasteiger partial charge on any atom is 0.261 e. The second-order valence-corrected chi connectivity index (χ2v) is 7.41. The Labute approximate surface area is 141 Å². The minimum atomic E-state index is 0.576. The summed E-state index contributed by atoms with van der Waals surface area (Å²) in [6, 6.07) is 4.76. The van der Waals surface area contributed by atoms with Crippen molar-refractivity contribution in [1.82, 2.24) is 20.0 Å². The molecule has 2 aromatic heterocycles. The van der Waals surface area contributed by atoms with Crippen molar-refractivity contribution in [2.75, 3.05) is 31.1 Å². The lowest BCUT2D eigenvalue weighted by atomic mass is 9.90. The Morgan fingerprint density at radius 1 is 1.21 bits per heavy atom. The third kappa shape index (κ3) is 2.24. The van der Waals surface area contributed by atoms with E-state index in [1.165, 1.54) is 32.4 Å². The first-order chi connectivity index (χ1) is 11.8. The van der Waals surface area contributed by atoms with E-state index in [2.05, 4.69) is 24.9 Å².